The number of carbonyl (C=O) groups excluding carboxylic acids is 3. The van der Waals surface area contributed by atoms with Crippen LogP contribution in [0.1, 0.15) is 12.0 Å². The van der Waals surface area contributed by atoms with Crippen molar-refractivity contribution in [2.24, 2.45) is 5.92 Å². The van der Waals surface area contributed by atoms with Gasteiger partial charge in [-0.25, -0.2) is 0 Å². The Bertz CT molecular complexity index is 657. The Balaban J connectivity index is 2.55. The predicted octanol–water partition coefficient (Wildman–Crippen LogP) is 0.187. The number of anilines is 1. The maximum absolute atomic E-state index is 12.3. The summed E-state index contributed by atoms with van der Waals surface area (Å²) in [5.41, 5.74) is -1.79. The number of carbonyl (C=O) groups is 3. The molecule has 1 aromatic rings. The van der Waals surface area contributed by atoms with Crippen molar-refractivity contribution in [3.63, 3.8) is 0 Å². The molecule has 1 amide bonds. The minimum Gasteiger partial charge on any atom is -0.497 e. The molecular formula is C15H17NO7. The highest BCUT2D eigenvalue weighted by Crippen LogP contribution is 2.44. The van der Waals surface area contributed by atoms with Crippen LogP contribution in [0.5, 0.6) is 5.75 Å². The van der Waals surface area contributed by atoms with E-state index < -0.39 is 35.8 Å². The molecule has 0 saturated carbocycles. The third kappa shape index (κ3) is 2.72. The second-order valence-corrected chi connectivity index (χ2v) is 4.99. The Morgan fingerprint density at radius 3 is 2.52 bits per heavy atom. The molecule has 0 saturated heterocycles. The van der Waals surface area contributed by atoms with E-state index in [2.05, 4.69) is 14.8 Å². The highest BCUT2D eigenvalue weighted by atomic mass is 16.5. The zero-order valence-corrected chi connectivity index (χ0v) is 12.9. The van der Waals surface area contributed by atoms with Gasteiger partial charge in [-0.05, 0) is 18.2 Å². The van der Waals surface area contributed by atoms with Crippen LogP contribution < -0.4 is 10.1 Å². The fourth-order valence-corrected chi connectivity index (χ4v) is 2.55. The van der Waals surface area contributed by atoms with Gasteiger partial charge < -0.3 is 24.6 Å². The van der Waals surface area contributed by atoms with Gasteiger partial charge in [0.2, 0.25) is 0 Å². The van der Waals surface area contributed by atoms with E-state index in [4.69, 9.17) is 4.74 Å². The highest BCUT2D eigenvalue weighted by Gasteiger charge is 2.55. The number of hydrogen-bond acceptors (Lipinski definition) is 7. The lowest BCUT2D eigenvalue weighted by atomic mass is 9.80. The van der Waals surface area contributed by atoms with Crippen molar-refractivity contribution < 1.29 is 33.7 Å². The van der Waals surface area contributed by atoms with E-state index in [0.717, 1.165) is 14.2 Å². The standard InChI is InChI=1S/C15H17NO7/c1-21-8-4-5-11-9(6-8)15(20,14(19)16-11)10(13(18)23-3)7-12(17)22-2/h4-6,10,20H,7H2,1-3H3,(H,16,19). The summed E-state index contributed by atoms with van der Waals surface area (Å²) in [5.74, 6) is -3.53. The minimum absolute atomic E-state index is 0.140. The normalized spacial score (nSPS) is 20.3. The lowest BCUT2D eigenvalue weighted by Gasteiger charge is -2.28. The molecule has 2 N–H and O–H groups in total. The van der Waals surface area contributed by atoms with Crippen LogP contribution in [0.3, 0.4) is 0 Å². The molecule has 2 atom stereocenters. The van der Waals surface area contributed by atoms with Crippen LogP contribution in [0.2, 0.25) is 0 Å². The van der Waals surface area contributed by atoms with Crippen LogP contribution in [0, 0.1) is 5.92 Å². The van der Waals surface area contributed by atoms with Crippen molar-refractivity contribution in [1.29, 1.82) is 0 Å². The first-order valence-corrected chi connectivity index (χ1v) is 6.75. The predicted molar refractivity (Wildman–Crippen MR) is 77.7 cm³/mol. The first-order valence-electron chi connectivity index (χ1n) is 6.75. The molecule has 8 heteroatoms. The van der Waals surface area contributed by atoms with E-state index >= 15 is 0 Å². The summed E-state index contributed by atoms with van der Waals surface area (Å²) in [5, 5.41) is 13.4. The molecule has 1 aromatic carbocycles. The average molecular weight is 323 g/mol. The Labute approximate surface area is 132 Å². The number of aliphatic hydroxyl groups is 1. The smallest absolute Gasteiger partial charge is 0.313 e. The number of rotatable bonds is 5. The van der Waals surface area contributed by atoms with Crippen molar-refractivity contribution in [1.82, 2.24) is 0 Å². The average Bonchev–Trinajstić information content (AvgIpc) is 2.82. The summed E-state index contributed by atoms with van der Waals surface area (Å²) in [6.45, 7) is 0. The molecule has 1 heterocycles. The maximum Gasteiger partial charge on any atom is 0.313 e. The summed E-state index contributed by atoms with van der Waals surface area (Å²) in [6, 6.07) is 4.56. The molecule has 1 aliphatic heterocycles. The summed E-state index contributed by atoms with van der Waals surface area (Å²) in [7, 11) is 3.68. The number of amides is 1. The molecule has 1 aliphatic rings. The van der Waals surface area contributed by atoms with Gasteiger partial charge in [0, 0.05) is 11.3 Å². The van der Waals surface area contributed by atoms with E-state index in [9.17, 15) is 19.5 Å². The molecule has 0 radical (unpaired) electrons. The Morgan fingerprint density at radius 1 is 1.26 bits per heavy atom. The summed E-state index contributed by atoms with van der Waals surface area (Å²) < 4.78 is 14.3. The number of hydrogen-bond donors (Lipinski definition) is 2. The van der Waals surface area contributed by atoms with Crippen molar-refractivity contribution in [3.8, 4) is 5.75 Å². The topological polar surface area (TPSA) is 111 Å². The van der Waals surface area contributed by atoms with E-state index in [1.165, 1.54) is 19.2 Å². The van der Waals surface area contributed by atoms with Gasteiger partial charge in [0.1, 0.15) is 11.7 Å². The van der Waals surface area contributed by atoms with Crippen molar-refractivity contribution in [2.75, 3.05) is 26.6 Å². The van der Waals surface area contributed by atoms with Gasteiger partial charge in [-0.3, -0.25) is 14.4 Å². The molecular weight excluding hydrogens is 306 g/mol. The van der Waals surface area contributed by atoms with Crippen LogP contribution in [0.4, 0.5) is 5.69 Å². The molecule has 2 unspecified atom stereocenters. The monoisotopic (exact) mass is 323 g/mol. The summed E-state index contributed by atoms with van der Waals surface area (Å²) in [6.07, 6.45) is -0.510. The van der Waals surface area contributed by atoms with Crippen LogP contribution in [0.25, 0.3) is 0 Å². The highest BCUT2D eigenvalue weighted by molar-refractivity contribution is 6.07. The third-order valence-corrected chi connectivity index (χ3v) is 3.82. The second-order valence-electron chi connectivity index (χ2n) is 4.99. The van der Waals surface area contributed by atoms with Gasteiger partial charge >= 0.3 is 11.9 Å². The number of benzene rings is 1. The zero-order chi connectivity index (χ0) is 17.2. The van der Waals surface area contributed by atoms with Gasteiger partial charge in [-0.1, -0.05) is 0 Å². The Hall–Kier alpha value is -2.61. The zero-order valence-electron chi connectivity index (χ0n) is 12.9. The fraction of sp³-hybridized carbons (Fsp3) is 0.400. The van der Waals surface area contributed by atoms with Crippen molar-refractivity contribution >= 4 is 23.5 Å². The Kier molecular flexibility index (Phi) is 4.55. The third-order valence-electron chi connectivity index (χ3n) is 3.82. The number of esters is 2. The molecule has 8 nitrogen and oxygen atoms in total. The lowest BCUT2D eigenvalue weighted by molar-refractivity contribution is -0.167. The van der Waals surface area contributed by atoms with Gasteiger partial charge in [0.05, 0.1) is 27.8 Å². The molecule has 0 bridgehead atoms. The first-order chi connectivity index (χ1) is 10.9. The SMILES string of the molecule is COC(=O)CC(C(=O)OC)C1(O)C(=O)Nc2ccc(OC)cc21. The van der Waals surface area contributed by atoms with Crippen LogP contribution in [-0.2, 0) is 29.5 Å². The largest absolute Gasteiger partial charge is 0.497 e. The van der Waals surface area contributed by atoms with Gasteiger partial charge in [-0.15, -0.1) is 0 Å². The van der Waals surface area contributed by atoms with Crippen LogP contribution in [-0.4, -0.2) is 44.3 Å². The van der Waals surface area contributed by atoms with Crippen LogP contribution in [0.15, 0.2) is 18.2 Å². The fourth-order valence-electron chi connectivity index (χ4n) is 2.55. The molecule has 23 heavy (non-hydrogen) atoms. The molecule has 2 rings (SSSR count). The van der Waals surface area contributed by atoms with Gasteiger partial charge in [0.25, 0.3) is 5.91 Å². The Morgan fingerprint density at radius 2 is 1.96 bits per heavy atom. The minimum atomic E-state index is -2.26. The van der Waals surface area contributed by atoms with E-state index in [1.807, 2.05) is 0 Å². The van der Waals surface area contributed by atoms with Gasteiger partial charge in [-0.2, -0.15) is 0 Å². The maximum atomic E-state index is 12.3. The quantitative estimate of drug-likeness (QED) is 0.744. The lowest BCUT2D eigenvalue weighted by Crippen LogP contribution is -2.46. The number of ether oxygens (including phenoxy) is 3. The number of fused-ring (bicyclic) bond motifs is 1. The summed E-state index contributed by atoms with van der Waals surface area (Å²) >= 11 is 0. The number of methoxy groups -OCH3 is 3. The molecule has 0 spiro atoms. The van der Waals surface area contributed by atoms with E-state index in [0.29, 0.717) is 11.4 Å². The first kappa shape index (κ1) is 16.8. The molecule has 124 valence electrons. The van der Waals surface area contributed by atoms with E-state index in [1.54, 1.807) is 6.07 Å². The van der Waals surface area contributed by atoms with Gasteiger partial charge in [0.15, 0.2) is 5.60 Å². The van der Waals surface area contributed by atoms with Crippen LogP contribution >= 0.6 is 0 Å². The van der Waals surface area contributed by atoms with E-state index in [-0.39, 0.29) is 5.56 Å². The summed E-state index contributed by atoms with van der Waals surface area (Å²) in [4.78, 5) is 36.0. The van der Waals surface area contributed by atoms with Crippen molar-refractivity contribution in [2.45, 2.75) is 12.0 Å². The second kappa shape index (κ2) is 6.25. The molecule has 0 aromatic heterocycles. The van der Waals surface area contributed by atoms with Crippen molar-refractivity contribution in [3.05, 3.63) is 23.8 Å². The number of nitrogens with one attached hydrogen (secondary N) is 1. The molecule has 0 aliphatic carbocycles. The molecule has 0 fully saturated rings.